The summed E-state index contributed by atoms with van der Waals surface area (Å²) in [7, 11) is 4.42. The van der Waals surface area contributed by atoms with Crippen molar-refractivity contribution < 1.29 is 0 Å². The fourth-order valence-electron chi connectivity index (χ4n) is 1.84. The maximum absolute atomic E-state index is 3.59. The highest BCUT2D eigenvalue weighted by atomic mass is 32.2. The van der Waals surface area contributed by atoms with Crippen LogP contribution in [0.4, 0.5) is 0 Å². The van der Waals surface area contributed by atoms with Crippen LogP contribution in [0, 0.1) is 5.92 Å². The van der Waals surface area contributed by atoms with Crippen LogP contribution < -0.4 is 5.32 Å². The molecule has 84 valence electrons. The van der Waals surface area contributed by atoms with Crippen LogP contribution in [-0.4, -0.2) is 49.1 Å². The van der Waals surface area contributed by atoms with Gasteiger partial charge in [0.05, 0.1) is 0 Å². The van der Waals surface area contributed by atoms with Gasteiger partial charge in [-0.05, 0) is 38.7 Å². The zero-order valence-corrected chi connectivity index (χ0v) is 10.8. The fraction of sp³-hybridized carbons (Fsp3) is 1.00. The van der Waals surface area contributed by atoms with Crippen molar-refractivity contribution in [2.24, 2.45) is 5.92 Å². The smallest absolute Gasteiger partial charge is 0.0425 e. The van der Waals surface area contributed by atoms with Gasteiger partial charge in [0.15, 0.2) is 0 Å². The number of likely N-dealkylation sites (N-methyl/N-ethyl adjacent to an activating group) is 1. The predicted molar refractivity (Wildman–Crippen MR) is 66.1 cm³/mol. The van der Waals surface area contributed by atoms with E-state index in [-0.39, 0.29) is 0 Å². The van der Waals surface area contributed by atoms with Crippen LogP contribution in [0.15, 0.2) is 0 Å². The standard InChI is InChI=1S/C11H24N2S/c1-10(2)7-12-8-11(13(3)4)5-6-14-9-11/h10,12H,5-9H2,1-4H3. The highest BCUT2D eigenvalue weighted by Crippen LogP contribution is 2.31. The van der Waals surface area contributed by atoms with E-state index in [1.54, 1.807) is 0 Å². The van der Waals surface area contributed by atoms with E-state index in [1.807, 2.05) is 0 Å². The average molecular weight is 216 g/mol. The molecule has 1 aliphatic rings. The van der Waals surface area contributed by atoms with Crippen molar-refractivity contribution in [3.8, 4) is 0 Å². The van der Waals surface area contributed by atoms with Gasteiger partial charge in [-0.3, -0.25) is 0 Å². The average Bonchev–Trinajstić information content (AvgIpc) is 2.53. The van der Waals surface area contributed by atoms with Crippen molar-refractivity contribution >= 4 is 11.8 Å². The summed E-state index contributed by atoms with van der Waals surface area (Å²) in [6, 6.07) is 0. The number of hydrogen-bond acceptors (Lipinski definition) is 3. The van der Waals surface area contributed by atoms with Crippen molar-refractivity contribution in [2.45, 2.75) is 25.8 Å². The predicted octanol–water partition coefficient (Wildman–Crippen LogP) is 1.67. The Morgan fingerprint density at radius 2 is 2.14 bits per heavy atom. The summed E-state index contributed by atoms with van der Waals surface area (Å²) < 4.78 is 0. The first-order valence-corrected chi connectivity index (χ1v) is 6.68. The van der Waals surface area contributed by atoms with Gasteiger partial charge >= 0.3 is 0 Å². The highest BCUT2D eigenvalue weighted by Gasteiger charge is 2.35. The molecule has 2 nitrogen and oxygen atoms in total. The third-order valence-electron chi connectivity index (χ3n) is 3.04. The first-order chi connectivity index (χ1) is 6.57. The topological polar surface area (TPSA) is 15.3 Å². The minimum Gasteiger partial charge on any atom is -0.315 e. The molecule has 0 aliphatic carbocycles. The summed E-state index contributed by atoms with van der Waals surface area (Å²) >= 11 is 2.09. The van der Waals surface area contributed by atoms with Gasteiger partial charge in [-0.25, -0.2) is 0 Å². The summed E-state index contributed by atoms with van der Waals surface area (Å²) in [5, 5.41) is 3.59. The lowest BCUT2D eigenvalue weighted by Crippen LogP contribution is -2.52. The summed E-state index contributed by atoms with van der Waals surface area (Å²) in [6.07, 6.45) is 1.33. The quantitative estimate of drug-likeness (QED) is 0.752. The minimum atomic E-state index is 0.416. The van der Waals surface area contributed by atoms with Crippen LogP contribution in [0.3, 0.4) is 0 Å². The van der Waals surface area contributed by atoms with E-state index in [1.165, 1.54) is 17.9 Å². The van der Waals surface area contributed by atoms with Crippen molar-refractivity contribution in [2.75, 3.05) is 38.7 Å². The molecule has 0 aromatic carbocycles. The molecule has 1 heterocycles. The van der Waals surface area contributed by atoms with Gasteiger partial charge in [-0.2, -0.15) is 11.8 Å². The lowest BCUT2D eigenvalue weighted by molar-refractivity contribution is 0.174. The van der Waals surface area contributed by atoms with E-state index < -0.39 is 0 Å². The number of rotatable bonds is 5. The molecule has 0 aromatic heterocycles. The van der Waals surface area contributed by atoms with Crippen LogP contribution in [0.1, 0.15) is 20.3 Å². The number of hydrogen-bond donors (Lipinski definition) is 1. The maximum atomic E-state index is 3.59. The van der Waals surface area contributed by atoms with Gasteiger partial charge in [-0.15, -0.1) is 0 Å². The van der Waals surface area contributed by atoms with E-state index in [4.69, 9.17) is 0 Å². The molecule has 0 spiro atoms. The minimum absolute atomic E-state index is 0.416. The SMILES string of the molecule is CC(C)CNCC1(N(C)C)CCSC1. The Hall–Kier alpha value is 0.270. The second kappa shape index (κ2) is 5.38. The van der Waals surface area contributed by atoms with Crippen molar-refractivity contribution in [3.05, 3.63) is 0 Å². The molecule has 14 heavy (non-hydrogen) atoms. The molecule has 0 aromatic rings. The number of nitrogens with zero attached hydrogens (tertiary/aromatic N) is 1. The Labute approximate surface area is 92.8 Å². The lowest BCUT2D eigenvalue weighted by atomic mass is 9.97. The summed E-state index contributed by atoms with van der Waals surface area (Å²) in [6.45, 7) is 6.81. The van der Waals surface area contributed by atoms with E-state index in [9.17, 15) is 0 Å². The molecule has 0 saturated carbocycles. The molecule has 1 aliphatic heterocycles. The largest absolute Gasteiger partial charge is 0.315 e. The summed E-state index contributed by atoms with van der Waals surface area (Å²) in [5.74, 6) is 3.36. The number of thioether (sulfide) groups is 1. The fourth-order valence-corrected chi connectivity index (χ4v) is 3.39. The van der Waals surface area contributed by atoms with E-state index in [0.29, 0.717) is 5.54 Å². The van der Waals surface area contributed by atoms with Gasteiger partial charge in [0.1, 0.15) is 0 Å². The second-order valence-corrected chi connectivity index (χ2v) is 6.05. The summed E-state index contributed by atoms with van der Waals surface area (Å²) in [4.78, 5) is 2.40. The Balaban J connectivity index is 2.36. The van der Waals surface area contributed by atoms with Crippen molar-refractivity contribution in [1.82, 2.24) is 10.2 Å². The van der Waals surface area contributed by atoms with E-state index >= 15 is 0 Å². The Kier molecular flexibility index (Phi) is 4.74. The van der Waals surface area contributed by atoms with Crippen LogP contribution in [0.25, 0.3) is 0 Å². The molecule has 0 radical (unpaired) electrons. The Morgan fingerprint density at radius 3 is 2.57 bits per heavy atom. The molecule has 1 atom stereocenters. The number of nitrogens with one attached hydrogen (secondary N) is 1. The zero-order chi connectivity index (χ0) is 10.6. The molecular weight excluding hydrogens is 192 g/mol. The van der Waals surface area contributed by atoms with Gasteiger partial charge in [0.25, 0.3) is 0 Å². The molecular formula is C11H24N2S. The van der Waals surface area contributed by atoms with Crippen molar-refractivity contribution in [1.29, 1.82) is 0 Å². The first kappa shape index (κ1) is 12.3. The molecule has 1 rings (SSSR count). The monoisotopic (exact) mass is 216 g/mol. The molecule has 1 N–H and O–H groups in total. The summed E-state index contributed by atoms with van der Waals surface area (Å²) in [5.41, 5.74) is 0.416. The van der Waals surface area contributed by atoms with Gasteiger partial charge in [0, 0.05) is 17.8 Å². The van der Waals surface area contributed by atoms with E-state index in [2.05, 4.69) is 49.9 Å². The molecule has 0 amide bonds. The third-order valence-corrected chi connectivity index (χ3v) is 4.27. The first-order valence-electron chi connectivity index (χ1n) is 5.53. The van der Waals surface area contributed by atoms with Gasteiger partial charge in [0.2, 0.25) is 0 Å². The molecule has 1 saturated heterocycles. The second-order valence-electron chi connectivity index (χ2n) is 4.95. The van der Waals surface area contributed by atoms with Crippen molar-refractivity contribution in [3.63, 3.8) is 0 Å². The molecule has 1 fully saturated rings. The van der Waals surface area contributed by atoms with Crippen LogP contribution in [-0.2, 0) is 0 Å². The third kappa shape index (κ3) is 3.14. The van der Waals surface area contributed by atoms with Crippen LogP contribution >= 0.6 is 11.8 Å². The van der Waals surface area contributed by atoms with Crippen LogP contribution in [0.2, 0.25) is 0 Å². The highest BCUT2D eigenvalue weighted by molar-refractivity contribution is 7.99. The Bertz CT molecular complexity index is 163. The molecule has 3 heteroatoms. The normalized spacial score (nSPS) is 27.9. The Morgan fingerprint density at radius 1 is 1.43 bits per heavy atom. The van der Waals surface area contributed by atoms with E-state index in [0.717, 1.165) is 19.0 Å². The van der Waals surface area contributed by atoms with Gasteiger partial charge in [-0.1, -0.05) is 13.8 Å². The lowest BCUT2D eigenvalue weighted by Gasteiger charge is -2.36. The maximum Gasteiger partial charge on any atom is 0.0425 e. The zero-order valence-electron chi connectivity index (χ0n) is 9.97. The molecule has 0 bridgehead atoms. The molecule has 1 unspecified atom stereocenters. The van der Waals surface area contributed by atoms with Crippen LogP contribution in [0.5, 0.6) is 0 Å². The van der Waals surface area contributed by atoms with Gasteiger partial charge < -0.3 is 10.2 Å².